The van der Waals surface area contributed by atoms with E-state index in [0.29, 0.717) is 0 Å². The third-order valence-electron chi connectivity index (χ3n) is 3.26. The van der Waals surface area contributed by atoms with Crippen LogP contribution < -0.4 is 0 Å². The minimum absolute atomic E-state index is 0.779. The summed E-state index contributed by atoms with van der Waals surface area (Å²) in [6, 6.07) is 0.839. The Kier molecular flexibility index (Phi) is 8.32. The van der Waals surface area contributed by atoms with Crippen molar-refractivity contribution < 1.29 is 0 Å². The molecule has 1 unspecified atom stereocenters. The van der Waals surface area contributed by atoms with E-state index in [2.05, 4.69) is 39.8 Å². The zero-order chi connectivity index (χ0) is 10.3. The first-order valence-electron chi connectivity index (χ1n) is 5.82. The Morgan fingerprint density at radius 2 is 1.62 bits per heavy atom. The molecule has 0 bridgehead atoms. The maximum atomic E-state index is 2.39. The van der Waals surface area contributed by atoms with Crippen molar-refractivity contribution in [3.8, 4) is 0 Å². The molecule has 0 amide bonds. The maximum absolute atomic E-state index is 2.39. The van der Waals surface area contributed by atoms with E-state index in [-0.39, 0.29) is 0 Å². The first-order chi connectivity index (χ1) is 6.15. The Labute approximate surface area is 89.9 Å². The summed E-state index contributed by atoms with van der Waals surface area (Å²) < 4.78 is 0. The second kappa shape index (κ2) is 7.95. The fraction of sp³-hybridized carbons (Fsp3) is 1.00. The summed E-state index contributed by atoms with van der Waals surface area (Å²) in [5.74, 6) is 0. The number of hydrogen-bond acceptors (Lipinski definition) is 1. The molecule has 0 saturated heterocycles. The van der Waals surface area contributed by atoms with Crippen LogP contribution in [0.1, 0.15) is 33.6 Å². The molecule has 0 radical (unpaired) electrons. The van der Waals surface area contributed by atoms with Gasteiger partial charge < -0.3 is 0 Å². The monoisotopic (exact) mass is 241 g/mol. The van der Waals surface area contributed by atoms with E-state index in [9.17, 15) is 0 Å². The normalized spacial score (nSPS) is 13.4. The topological polar surface area (TPSA) is 3.24 Å². The van der Waals surface area contributed by atoms with Gasteiger partial charge in [0.05, 0.1) is 0 Å². The summed E-state index contributed by atoms with van der Waals surface area (Å²) in [6.45, 7) is 7.10. The van der Waals surface area contributed by atoms with Crippen LogP contribution in [0.25, 0.3) is 0 Å². The van der Waals surface area contributed by atoms with Gasteiger partial charge >= 0.3 is 89.8 Å². The van der Waals surface area contributed by atoms with Crippen LogP contribution in [0.15, 0.2) is 0 Å². The molecule has 0 aromatic carbocycles. The summed E-state index contributed by atoms with van der Waals surface area (Å²) in [7, 11) is 4.43. The van der Waals surface area contributed by atoms with E-state index in [1.54, 1.807) is 4.98 Å². The molecule has 13 heavy (non-hydrogen) atoms. The second-order valence-corrected chi connectivity index (χ2v) is 12.6. The predicted octanol–water partition coefficient (Wildman–Crippen LogP) is 3.25. The van der Waals surface area contributed by atoms with Crippen molar-refractivity contribution in [2.75, 3.05) is 14.1 Å². The molecule has 2 heteroatoms. The molecule has 0 aliphatic rings. The van der Waals surface area contributed by atoms with Gasteiger partial charge in [-0.25, -0.2) is 0 Å². The predicted molar refractivity (Wildman–Crippen MR) is 63.9 cm³/mol. The fourth-order valence-corrected chi connectivity index (χ4v) is 6.67. The van der Waals surface area contributed by atoms with Crippen LogP contribution in [0.5, 0.6) is 0 Å². The third kappa shape index (κ3) is 5.81. The number of rotatable bonds is 7. The van der Waals surface area contributed by atoms with Gasteiger partial charge in [-0.1, -0.05) is 0 Å². The average molecular weight is 242 g/mol. The van der Waals surface area contributed by atoms with E-state index < -0.39 is 16.2 Å². The molecule has 0 rings (SSSR count). The summed E-state index contributed by atoms with van der Waals surface area (Å²) in [5, 5.41) is 0. The zero-order valence-electron chi connectivity index (χ0n) is 10.1. The van der Waals surface area contributed by atoms with Gasteiger partial charge in [-0.2, -0.15) is 0 Å². The molecule has 1 nitrogen and oxygen atoms in total. The Hall–Kier alpha value is 0.596. The molecule has 0 saturated carbocycles. The van der Waals surface area contributed by atoms with Crippen molar-refractivity contribution in [2.24, 2.45) is 0 Å². The number of nitrogens with zero attached hydrogens (tertiary/aromatic N) is 1. The molecule has 0 fully saturated rings. The van der Waals surface area contributed by atoms with Crippen LogP contribution in [0, 0.1) is 0 Å². The van der Waals surface area contributed by atoms with Crippen molar-refractivity contribution in [1.82, 2.24) is 4.90 Å². The van der Waals surface area contributed by atoms with Crippen molar-refractivity contribution in [1.29, 1.82) is 0 Å². The van der Waals surface area contributed by atoms with E-state index >= 15 is 0 Å². The average Bonchev–Trinajstić information content (AvgIpc) is 2.12. The summed E-state index contributed by atoms with van der Waals surface area (Å²) in [5.41, 5.74) is 0. The Morgan fingerprint density at radius 1 is 1.08 bits per heavy atom. The van der Waals surface area contributed by atoms with Crippen molar-refractivity contribution in [2.45, 2.75) is 54.6 Å². The molecule has 0 N–H and O–H groups in total. The third-order valence-corrected chi connectivity index (χ3v) is 10.5. The van der Waals surface area contributed by atoms with Crippen LogP contribution in [0.2, 0.25) is 14.9 Å². The van der Waals surface area contributed by atoms with Crippen molar-refractivity contribution in [3.63, 3.8) is 0 Å². The summed E-state index contributed by atoms with van der Waals surface area (Å²) >= 11 is -0.779. The SMILES string of the molecule is CCC(C[CH2][Ga]([CH2]C)[CH2]C)N(C)C. The molecule has 1 atom stereocenters. The van der Waals surface area contributed by atoms with Gasteiger partial charge in [-0.05, 0) is 0 Å². The summed E-state index contributed by atoms with van der Waals surface area (Å²) in [4.78, 5) is 7.06. The van der Waals surface area contributed by atoms with Gasteiger partial charge in [0.2, 0.25) is 0 Å². The van der Waals surface area contributed by atoms with Crippen LogP contribution in [0.4, 0.5) is 0 Å². The van der Waals surface area contributed by atoms with Crippen LogP contribution in [-0.4, -0.2) is 41.3 Å². The van der Waals surface area contributed by atoms with Crippen LogP contribution in [-0.2, 0) is 0 Å². The zero-order valence-corrected chi connectivity index (χ0v) is 12.6. The first kappa shape index (κ1) is 13.6. The molecule has 0 spiro atoms. The fourth-order valence-electron chi connectivity index (χ4n) is 1.95. The minimum atomic E-state index is -0.779. The van der Waals surface area contributed by atoms with Gasteiger partial charge in [0.15, 0.2) is 0 Å². The molecule has 0 aromatic rings. The molecule has 0 heterocycles. The van der Waals surface area contributed by atoms with Crippen LogP contribution in [0.3, 0.4) is 0 Å². The molecule has 78 valence electrons. The molecular formula is C11H26GaN. The molecule has 0 aliphatic heterocycles. The second-order valence-electron chi connectivity index (χ2n) is 4.29. The van der Waals surface area contributed by atoms with Crippen molar-refractivity contribution >= 4 is 16.2 Å². The van der Waals surface area contributed by atoms with Gasteiger partial charge in [0.25, 0.3) is 0 Å². The van der Waals surface area contributed by atoms with E-state index in [0.717, 1.165) is 6.04 Å². The molecular weight excluding hydrogens is 216 g/mol. The van der Waals surface area contributed by atoms with E-state index in [4.69, 9.17) is 0 Å². The van der Waals surface area contributed by atoms with Gasteiger partial charge in [-0.15, -0.1) is 0 Å². The quantitative estimate of drug-likeness (QED) is 0.619. The summed E-state index contributed by atoms with van der Waals surface area (Å²) in [6.07, 6.45) is 2.77. The van der Waals surface area contributed by atoms with Crippen molar-refractivity contribution in [3.05, 3.63) is 0 Å². The van der Waals surface area contributed by atoms with Gasteiger partial charge in [0, 0.05) is 0 Å². The molecule has 0 aromatic heterocycles. The molecule has 0 aliphatic carbocycles. The first-order valence-corrected chi connectivity index (χ1v) is 11.0. The Bertz CT molecular complexity index is 111. The Balaban J connectivity index is 3.69. The van der Waals surface area contributed by atoms with Crippen LogP contribution >= 0.6 is 0 Å². The van der Waals surface area contributed by atoms with Gasteiger partial charge in [-0.3, -0.25) is 0 Å². The van der Waals surface area contributed by atoms with Gasteiger partial charge in [0.1, 0.15) is 0 Å². The standard InChI is InChI=1S/C7H16N.2C2H5.Ga/c1-5-7(6-2)8(3)4;2*1-2;/h7H,1,5-6H2,2-4H3;2*1H2,2H3;. The Morgan fingerprint density at radius 3 is 1.92 bits per heavy atom. The number of hydrogen-bond donors (Lipinski definition) is 0. The van der Waals surface area contributed by atoms with E-state index in [1.807, 2.05) is 0 Å². The van der Waals surface area contributed by atoms with E-state index in [1.165, 1.54) is 22.8 Å².